The number of hydrogen-bond donors (Lipinski definition) is 1. The minimum Gasteiger partial charge on any atom is -0.468 e. The van der Waals surface area contributed by atoms with Crippen LogP contribution in [0.25, 0.3) is 5.57 Å². The smallest absolute Gasteiger partial charge is 0.188 e. The van der Waals surface area contributed by atoms with Crippen molar-refractivity contribution in [2.75, 3.05) is 13.9 Å². The van der Waals surface area contributed by atoms with Gasteiger partial charge in [-0.15, -0.1) is 0 Å². The Morgan fingerprint density at radius 2 is 2.26 bits per heavy atom. The lowest BCUT2D eigenvalue weighted by Crippen LogP contribution is -2.18. The number of benzene rings is 1. The largest absolute Gasteiger partial charge is 0.468 e. The first-order valence-corrected chi connectivity index (χ1v) is 6.80. The molecule has 0 fully saturated rings. The highest BCUT2D eigenvalue weighted by atomic mass is 16.7. The van der Waals surface area contributed by atoms with Crippen molar-refractivity contribution in [1.82, 2.24) is 0 Å². The summed E-state index contributed by atoms with van der Waals surface area (Å²) in [5, 5.41) is 9.61. The van der Waals surface area contributed by atoms with Crippen LogP contribution in [0.1, 0.15) is 31.7 Å². The van der Waals surface area contributed by atoms with Crippen LogP contribution in [-0.2, 0) is 4.74 Å². The maximum absolute atomic E-state index is 9.61. The minimum atomic E-state index is -0.214. The summed E-state index contributed by atoms with van der Waals surface area (Å²) in [6.07, 6.45) is 5.05. The highest BCUT2D eigenvalue weighted by Gasteiger charge is 2.19. The monoisotopic (exact) mass is 262 g/mol. The summed E-state index contributed by atoms with van der Waals surface area (Å²) < 4.78 is 10.4. The lowest BCUT2D eigenvalue weighted by molar-refractivity contribution is 0.0511. The molecule has 0 spiro atoms. The second-order valence-electron chi connectivity index (χ2n) is 5.08. The van der Waals surface area contributed by atoms with E-state index in [1.165, 1.54) is 11.1 Å². The highest BCUT2D eigenvalue weighted by molar-refractivity contribution is 5.67. The number of ether oxygens (including phenoxy) is 2. The van der Waals surface area contributed by atoms with Crippen molar-refractivity contribution in [2.45, 2.75) is 32.3 Å². The van der Waals surface area contributed by atoms with Crippen molar-refractivity contribution >= 4 is 5.57 Å². The molecule has 2 unspecified atom stereocenters. The first kappa shape index (κ1) is 14.1. The molecule has 1 N–H and O–H groups in total. The molecule has 104 valence electrons. The van der Waals surface area contributed by atoms with E-state index < -0.39 is 0 Å². The molecule has 1 aromatic rings. The number of hydrogen-bond acceptors (Lipinski definition) is 3. The summed E-state index contributed by atoms with van der Waals surface area (Å²) >= 11 is 0. The topological polar surface area (TPSA) is 38.7 Å². The number of aliphatic hydroxyl groups is 1. The van der Waals surface area contributed by atoms with E-state index >= 15 is 0 Å². The quantitative estimate of drug-likeness (QED) is 0.828. The normalized spacial score (nSPS) is 20.8. The van der Waals surface area contributed by atoms with E-state index in [0.29, 0.717) is 5.92 Å². The summed E-state index contributed by atoms with van der Waals surface area (Å²) in [6.45, 7) is 2.15. The molecular weight excluding hydrogens is 240 g/mol. The molecule has 0 saturated carbocycles. The Morgan fingerprint density at radius 3 is 2.89 bits per heavy atom. The maximum atomic E-state index is 9.61. The van der Waals surface area contributed by atoms with Crippen molar-refractivity contribution in [3.05, 3.63) is 35.9 Å². The number of methoxy groups -OCH3 is 1. The molecule has 2 rings (SSSR count). The molecule has 0 bridgehead atoms. The molecule has 0 aromatic heterocycles. The van der Waals surface area contributed by atoms with Crippen molar-refractivity contribution < 1.29 is 14.6 Å². The van der Waals surface area contributed by atoms with E-state index in [1.807, 2.05) is 25.1 Å². The van der Waals surface area contributed by atoms with Crippen LogP contribution in [0.3, 0.4) is 0 Å². The number of allylic oxidation sites excluding steroid dienone is 2. The molecule has 0 heterocycles. The van der Waals surface area contributed by atoms with Gasteiger partial charge in [0.15, 0.2) is 6.79 Å². The van der Waals surface area contributed by atoms with Crippen LogP contribution in [0.4, 0.5) is 0 Å². The summed E-state index contributed by atoms with van der Waals surface area (Å²) in [7, 11) is 1.61. The van der Waals surface area contributed by atoms with Crippen LogP contribution in [-0.4, -0.2) is 25.1 Å². The first-order chi connectivity index (χ1) is 9.20. The molecule has 0 aliphatic heterocycles. The van der Waals surface area contributed by atoms with Crippen LogP contribution < -0.4 is 4.74 Å². The van der Waals surface area contributed by atoms with Crippen molar-refractivity contribution in [3.63, 3.8) is 0 Å². The fourth-order valence-electron chi connectivity index (χ4n) is 2.47. The van der Waals surface area contributed by atoms with E-state index in [1.54, 1.807) is 7.11 Å². The maximum Gasteiger partial charge on any atom is 0.188 e. The van der Waals surface area contributed by atoms with Gasteiger partial charge in [-0.25, -0.2) is 0 Å². The predicted octanol–water partition coefficient (Wildman–Crippen LogP) is 3.23. The summed E-state index contributed by atoms with van der Waals surface area (Å²) in [6, 6.07) is 8.09. The summed E-state index contributed by atoms with van der Waals surface area (Å²) in [4.78, 5) is 0. The molecule has 2 atom stereocenters. The Balaban J connectivity index is 2.06. The molecule has 1 aliphatic rings. The average molecular weight is 262 g/mol. The van der Waals surface area contributed by atoms with E-state index in [0.717, 1.165) is 25.0 Å². The summed E-state index contributed by atoms with van der Waals surface area (Å²) in [5.41, 5.74) is 2.55. The number of rotatable bonds is 5. The van der Waals surface area contributed by atoms with Crippen LogP contribution >= 0.6 is 0 Å². The van der Waals surface area contributed by atoms with Gasteiger partial charge in [0.25, 0.3) is 0 Å². The highest BCUT2D eigenvalue weighted by Crippen LogP contribution is 2.32. The van der Waals surface area contributed by atoms with Crippen molar-refractivity contribution in [3.8, 4) is 5.75 Å². The third-order valence-corrected chi connectivity index (χ3v) is 3.68. The second-order valence-corrected chi connectivity index (χ2v) is 5.08. The van der Waals surface area contributed by atoms with E-state index in [2.05, 4.69) is 12.1 Å². The van der Waals surface area contributed by atoms with Gasteiger partial charge in [-0.2, -0.15) is 0 Å². The predicted molar refractivity (Wildman–Crippen MR) is 75.9 cm³/mol. The van der Waals surface area contributed by atoms with Crippen LogP contribution in [0, 0.1) is 5.92 Å². The van der Waals surface area contributed by atoms with E-state index in [-0.39, 0.29) is 12.9 Å². The van der Waals surface area contributed by atoms with Gasteiger partial charge >= 0.3 is 0 Å². The van der Waals surface area contributed by atoms with Gasteiger partial charge in [-0.1, -0.05) is 18.2 Å². The zero-order chi connectivity index (χ0) is 13.7. The Morgan fingerprint density at radius 1 is 1.42 bits per heavy atom. The molecular formula is C16H22O3. The molecule has 1 aromatic carbocycles. The minimum absolute atomic E-state index is 0.214. The van der Waals surface area contributed by atoms with E-state index in [9.17, 15) is 5.11 Å². The molecule has 3 heteroatoms. The SMILES string of the molecule is COCOc1cccc(C2=CCC(C(C)O)CC2)c1. The van der Waals surface area contributed by atoms with Gasteiger partial charge in [0.2, 0.25) is 0 Å². The molecule has 3 nitrogen and oxygen atoms in total. The van der Waals surface area contributed by atoms with Crippen molar-refractivity contribution in [1.29, 1.82) is 0 Å². The third kappa shape index (κ3) is 3.82. The van der Waals surface area contributed by atoms with Gasteiger partial charge in [0, 0.05) is 7.11 Å². The molecule has 0 saturated heterocycles. The fourth-order valence-corrected chi connectivity index (χ4v) is 2.47. The molecule has 0 radical (unpaired) electrons. The zero-order valence-electron chi connectivity index (χ0n) is 11.6. The van der Waals surface area contributed by atoms with Crippen LogP contribution in [0.5, 0.6) is 5.75 Å². The fraction of sp³-hybridized carbons (Fsp3) is 0.500. The second kappa shape index (κ2) is 6.73. The first-order valence-electron chi connectivity index (χ1n) is 6.80. The summed E-state index contributed by atoms with van der Waals surface area (Å²) in [5.74, 6) is 1.23. The Bertz CT molecular complexity index is 437. The lowest BCUT2D eigenvalue weighted by atomic mass is 9.84. The van der Waals surface area contributed by atoms with Gasteiger partial charge in [0.1, 0.15) is 5.75 Å². The average Bonchev–Trinajstić information content (AvgIpc) is 2.45. The van der Waals surface area contributed by atoms with Gasteiger partial charge < -0.3 is 14.6 Å². The Hall–Kier alpha value is -1.32. The Kier molecular flexibility index (Phi) is 5.00. The Labute approximate surface area is 114 Å². The van der Waals surface area contributed by atoms with Crippen molar-refractivity contribution in [2.24, 2.45) is 5.92 Å². The van der Waals surface area contributed by atoms with Gasteiger partial charge in [-0.05, 0) is 55.4 Å². The van der Waals surface area contributed by atoms with Crippen LogP contribution in [0.15, 0.2) is 30.3 Å². The van der Waals surface area contributed by atoms with Gasteiger partial charge in [0.05, 0.1) is 6.10 Å². The van der Waals surface area contributed by atoms with Gasteiger partial charge in [-0.3, -0.25) is 0 Å². The molecule has 0 amide bonds. The zero-order valence-corrected chi connectivity index (χ0v) is 11.6. The number of aliphatic hydroxyl groups excluding tert-OH is 1. The van der Waals surface area contributed by atoms with Crippen LogP contribution in [0.2, 0.25) is 0 Å². The molecule has 19 heavy (non-hydrogen) atoms. The standard InChI is InChI=1S/C16H22O3/c1-12(17)13-6-8-14(9-7-13)15-4-3-5-16(10-15)19-11-18-2/h3-5,8,10,12-13,17H,6-7,9,11H2,1-2H3. The lowest BCUT2D eigenvalue weighted by Gasteiger charge is -2.24. The third-order valence-electron chi connectivity index (χ3n) is 3.68. The van der Waals surface area contributed by atoms with E-state index in [4.69, 9.17) is 9.47 Å². The molecule has 1 aliphatic carbocycles.